The first-order valence-corrected chi connectivity index (χ1v) is 17.3. The molecule has 18 heteroatoms. The summed E-state index contributed by atoms with van der Waals surface area (Å²) in [5.74, 6) is -2.95. The maximum atomic E-state index is 13.3. The van der Waals surface area contributed by atoms with Crippen LogP contribution >= 0.6 is 0 Å². The number of hydrogen-bond donors (Lipinski definition) is 4. The van der Waals surface area contributed by atoms with Crippen LogP contribution in [0.2, 0.25) is 0 Å². The first kappa shape index (κ1) is 45.8. The number of ether oxygens (including phenoxy) is 6. The minimum absolute atomic E-state index is 0.0450. The van der Waals surface area contributed by atoms with Gasteiger partial charge in [-0.1, -0.05) is 6.07 Å². The minimum atomic E-state index is -0.766. The van der Waals surface area contributed by atoms with Crippen molar-refractivity contribution in [3.05, 3.63) is 34.9 Å². The van der Waals surface area contributed by atoms with Gasteiger partial charge >= 0.3 is 23.9 Å². The lowest BCUT2D eigenvalue weighted by Gasteiger charge is -2.23. The Morgan fingerprint density at radius 2 is 1.00 bits per heavy atom. The molecule has 2 amide bonds. The molecule has 0 saturated heterocycles. The zero-order valence-corrected chi connectivity index (χ0v) is 30.8. The Morgan fingerprint density at radius 3 is 1.37 bits per heavy atom. The third-order valence-corrected chi connectivity index (χ3v) is 6.80. The average Bonchev–Trinajstić information content (AvgIpc) is 3.08. The molecule has 0 radical (unpaired) electrons. The molecule has 1 unspecified atom stereocenters. The molecule has 1 aromatic rings. The van der Waals surface area contributed by atoms with Crippen molar-refractivity contribution in [1.82, 2.24) is 20.4 Å². The van der Waals surface area contributed by atoms with Gasteiger partial charge in [0.15, 0.2) is 0 Å². The first-order valence-electron chi connectivity index (χ1n) is 17.3. The van der Waals surface area contributed by atoms with Gasteiger partial charge in [0.05, 0.1) is 85.1 Å². The van der Waals surface area contributed by atoms with Gasteiger partial charge in [0, 0.05) is 38.3 Å². The molecule has 0 aromatic heterocycles. The topological polar surface area (TPSA) is 240 Å². The number of nitrogens with zero attached hydrogens (tertiary/aromatic N) is 2. The number of benzene rings is 1. The highest BCUT2D eigenvalue weighted by Gasteiger charge is 2.21. The van der Waals surface area contributed by atoms with E-state index in [1.54, 1.807) is 45.9 Å². The van der Waals surface area contributed by atoms with Gasteiger partial charge in [-0.2, -0.15) is 0 Å². The van der Waals surface area contributed by atoms with Crippen molar-refractivity contribution < 1.29 is 57.2 Å². The van der Waals surface area contributed by atoms with E-state index in [1.807, 2.05) is 0 Å². The Labute approximate surface area is 305 Å². The fourth-order valence-corrected chi connectivity index (χ4v) is 4.63. The molecular weight excluding hydrogens is 684 g/mol. The highest BCUT2D eigenvalue weighted by molar-refractivity contribution is 5.94. The van der Waals surface area contributed by atoms with Gasteiger partial charge < -0.3 is 50.5 Å². The van der Waals surface area contributed by atoms with Crippen molar-refractivity contribution in [1.29, 1.82) is 0 Å². The van der Waals surface area contributed by atoms with Gasteiger partial charge in [0.1, 0.15) is 0 Å². The summed E-state index contributed by atoms with van der Waals surface area (Å²) < 4.78 is 31.3. The second kappa shape index (κ2) is 27.5. The van der Waals surface area contributed by atoms with Crippen LogP contribution in [0.25, 0.3) is 0 Å². The summed E-state index contributed by atoms with van der Waals surface area (Å²) in [5.41, 5.74) is 12.3. The maximum Gasteiger partial charge on any atom is 0.320 e. The van der Waals surface area contributed by atoms with Crippen LogP contribution in [-0.4, -0.2) is 150 Å². The fourth-order valence-electron chi connectivity index (χ4n) is 4.63. The molecule has 0 aliphatic heterocycles. The summed E-state index contributed by atoms with van der Waals surface area (Å²) in [6.07, 6.45) is 0. The number of rotatable bonds is 28. The molecule has 0 bridgehead atoms. The van der Waals surface area contributed by atoms with Crippen LogP contribution in [0.3, 0.4) is 0 Å². The SMILES string of the molecule is CCOC(=O)CN(CC(=O)OCC)Cc1cc(CN(CC(=O)OCC)CC(=O)OCC)cc(C(=O)NCCOCCOCCNC(=O)C(N)CN)c1. The molecule has 0 fully saturated rings. The van der Waals surface area contributed by atoms with Crippen molar-refractivity contribution in [3.63, 3.8) is 0 Å². The van der Waals surface area contributed by atoms with Crippen LogP contribution in [-0.2, 0) is 65.5 Å². The molecule has 1 aromatic carbocycles. The Morgan fingerprint density at radius 1 is 0.615 bits per heavy atom. The molecule has 1 atom stereocenters. The zero-order chi connectivity index (χ0) is 38.7. The van der Waals surface area contributed by atoms with Crippen molar-refractivity contribution >= 4 is 35.7 Å². The molecule has 0 saturated carbocycles. The van der Waals surface area contributed by atoms with E-state index in [1.165, 1.54) is 9.80 Å². The monoisotopic (exact) mass is 740 g/mol. The van der Waals surface area contributed by atoms with Crippen molar-refractivity contribution in [3.8, 4) is 0 Å². The van der Waals surface area contributed by atoms with Crippen LogP contribution < -0.4 is 22.1 Å². The quantitative estimate of drug-likeness (QED) is 0.0444. The molecule has 0 aliphatic rings. The number of carbonyl (C=O) groups excluding carboxylic acids is 6. The molecule has 0 heterocycles. The summed E-state index contributed by atoms with van der Waals surface area (Å²) in [5, 5.41) is 5.41. The molecule has 18 nitrogen and oxygen atoms in total. The van der Waals surface area contributed by atoms with Crippen LogP contribution in [0.4, 0.5) is 0 Å². The highest BCUT2D eigenvalue weighted by Crippen LogP contribution is 2.16. The van der Waals surface area contributed by atoms with Crippen molar-refractivity contribution in [2.75, 3.05) is 98.7 Å². The zero-order valence-electron chi connectivity index (χ0n) is 30.8. The fraction of sp³-hybridized carbons (Fsp3) is 0.647. The van der Waals surface area contributed by atoms with Crippen molar-refractivity contribution in [2.24, 2.45) is 11.5 Å². The van der Waals surface area contributed by atoms with Gasteiger partial charge in [-0.3, -0.25) is 38.6 Å². The molecule has 0 aliphatic carbocycles. The summed E-state index contributed by atoms with van der Waals surface area (Å²) in [4.78, 5) is 77.5. The van der Waals surface area contributed by atoms with Gasteiger partial charge in [-0.15, -0.1) is 0 Å². The third kappa shape index (κ3) is 20.6. The lowest BCUT2D eigenvalue weighted by atomic mass is 10.0. The predicted molar refractivity (Wildman–Crippen MR) is 188 cm³/mol. The molecular formula is C34H56N6O12. The summed E-state index contributed by atoms with van der Waals surface area (Å²) in [6.45, 7) is 8.03. The lowest BCUT2D eigenvalue weighted by Crippen LogP contribution is -2.46. The lowest BCUT2D eigenvalue weighted by molar-refractivity contribution is -0.150. The number of nitrogens with one attached hydrogen (secondary N) is 2. The van der Waals surface area contributed by atoms with Crippen LogP contribution in [0.1, 0.15) is 49.2 Å². The largest absolute Gasteiger partial charge is 0.465 e. The average molecular weight is 741 g/mol. The Hall–Kier alpha value is -4.20. The Balaban J connectivity index is 3.08. The Bertz CT molecular complexity index is 1160. The number of carbonyl (C=O) groups is 6. The van der Waals surface area contributed by atoms with Crippen LogP contribution in [0.5, 0.6) is 0 Å². The second-order valence-electron chi connectivity index (χ2n) is 11.2. The van der Waals surface area contributed by atoms with E-state index in [9.17, 15) is 28.8 Å². The van der Waals surface area contributed by atoms with E-state index >= 15 is 0 Å². The summed E-state index contributed by atoms with van der Waals surface area (Å²) >= 11 is 0. The standard InChI is InChI=1S/C34H56N6O12/c1-5-49-29(41)21-39(22-30(42)50-6-2)19-25-15-26(20-40(23-31(43)51-7-3)24-32(44)52-8-4)17-27(16-25)33(45)37-9-11-47-13-14-48-12-10-38-34(46)28(36)18-35/h15-17,28H,5-14,18-24,35-36H2,1-4H3,(H,37,45)(H,38,46). The minimum Gasteiger partial charge on any atom is -0.465 e. The smallest absolute Gasteiger partial charge is 0.320 e. The molecule has 0 spiro atoms. The number of esters is 4. The summed E-state index contributed by atoms with van der Waals surface area (Å²) in [6, 6.07) is 4.23. The van der Waals surface area contributed by atoms with E-state index in [-0.39, 0.29) is 123 Å². The maximum absolute atomic E-state index is 13.3. The second-order valence-corrected chi connectivity index (χ2v) is 11.2. The van der Waals surface area contributed by atoms with Crippen LogP contribution in [0.15, 0.2) is 18.2 Å². The normalized spacial score (nSPS) is 11.5. The van der Waals surface area contributed by atoms with Gasteiger partial charge in [-0.05, 0) is 51.0 Å². The van der Waals surface area contributed by atoms with Gasteiger partial charge in [0.25, 0.3) is 5.91 Å². The van der Waals surface area contributed by atoms with Gasteiger partial charge in [0.2, 0.25) is 5.91 Å². The highest BCUT2D eigenvalue weighted by atomic mass is 16.5. The van der Waals surface area contributed by atoms with Gasteiger partial charge in [-0.25, -0.2) is 0 Å². The number of nitrogens with two attached hydrogens (primary N) is 2. The van der Waals surface area contributed by atoms with E-state index in [2.05, 4.69) is 10.6 Å². The Kier molecular flexibility index (Phi) is 24.2. The predicted octanol–water partition coefficient (Wildman–Crippen LogP) is -1.29. The van der Waals surface area contributed by atoms with E-state index in [0.717, 1.165) is 0 Å². The molecule has 294 valence electrons. The number of hydrogen-bond acceptors (Lipinski definition) is 16. The van der Waals surface area contributed by atoms with E-state index in [4.69, 9.17) is 39.9 Å². The molecule has 52 heavy (non-hydrogen) atoms. The first-order chi connectivity index (χ1) is 24.9. The van der Waals surface area contributed by atoms with E-state index in [0.29, 0.717) is 11.1 Å². The van der Waals surface area contributed by atoms with Crippen LogP contribution in [0, 0.1) is 0 Å². The third-order valence-electron chi connectivity index (χ3n) is 6.80. The van der Waals surface area contributed by atoms with Crippen molar-refractivity contribution in [2.45, 2.75) is 46.8 Å². The molecule has 1 rings (SSSR count). The molecule has 6 N–H and O–H groups in total. The van der Waals surface area contributed by atoms with E-state index < -0.39 is 35.8 Å². The summed E-state index contributed by atoms with van der Waals surface area (Å²) in [7, 11) is 0. The number of amides is 2.